The predicted octanol–water partition coefficient (Wildman–Crippen LogP) is 3.04. The first-order chi connectivity index (χ1) is 69.5. The molecule has 0 fully saturated rings. The number of carbonyl (C=O) groups excluding carboxylic acids is 16. The van der Waals surface area contributed by atoms with Crippen molar-refractivity contribution in [3.63, 3.8) is 0 Å². The van der Waals surface area contributed by atoms with Gasteiger partial charge in [0.25, 0.3) is 0 Å². The molecular weight excluding hydrogens is 1880 g/mol. The average molecular weight is 2050 g/mol. The van der Waals surface area contributed by atoms with Crippen molar-refractivity contribution in [2.75, 3.05) is 224 Å². The molecule has 814 valence electrons. The topological polar surface area (TPSA) is 552 Å². The number of ketones is 2. The van der Waals surface area contributed by atoms with E-state index in [0.29, 0.717) is 163 Å². The van der Waals surface area contributed by atoms with E-state index in [2.05, 4.69) is 180 Å². The molecule has 0 saturated heterocycles. The van der Waals surface area contributed by atoms with Gasteiger partial charge in [-0.2, -0.15) is 0 Å². The average Bonchev–Trinajstić information content (AvgIpc) is 0.871. The molecule has 14 amide bonds. The molecule has 0 aromatic rings. The molecule has 0 aliphatic rings. The van der Waals surface area contributed by atoms with E-state index in [-0.39, 0.29) is 220 Å². The summed E-state index contributed by atoms with van der Waals surface area (Å²) in [5, 5.41) is 38.0. The van der Waals surface area contributed by atoms with Gasteiger partial charge in [-0.1, -0.05) is 126 Å². The van der Waals surface area contributed by atoms with Gasteiger partial charge in [0.15, 0.2) is 11.6 Å². The molecule has 0 radical (unpaired) electrons. The van der Waals surface area contributed by atoms with Crippen LogP contribution in [0.15, 0.2) is 202 Å². The molecule has 145 heavy (non-hydrogen) atoms. The minimum Gasteiger partial charge on any atom is -0.379 e. The molecule has 42 nitrogen and oxygen atoms in total. The van der Waals surface area contributed by atoms with Crippen LogP contribution in [-0.2, 0) is 134 Å². The summed E-state index contributed by atoms with van der Waals surface area (Å²) in [4.78, 5) is 185. The summed E-state index contributed by atoms with van der Waals surface area (Å²) in [6, 6.07) is 0. The summed E-state index contributed by atoms with van der Waals surface area (Å²) in [6.45, 7) is 68.8. The Morgan fingerprint density at radius 1 is 0.200 bits per heavy atom. The summed E-state index contributed by atoms with van der Waals surface area (Å²) < 4.78 is 69.7. The normalized spacial score (nSPS) is 11.6. The summed E-state index contributed by atoms with van der Waals surface area (Å²) in [6.07, 6.45) is 25.7. The Labute approximate surface area is 856 Å². The Hall–Kier alpha value is -12.7. The quantitative estimate of drug-likeness (QED) is 0.0307. The zero-order valence-corrected chi connectivity index (χ0v) is 85.5. The first-order valence-electron chi connectivity index (χ1n) is 47.5. The molecule has 42 heteroatoms. The number of hydrogen-bond acceptors (Lipinski definition) is 28. The van der Waals surface area contributed by atoms with Crippen LogP contribution in [0.3, 0.4) is 0 Å². The smallest absolute Gasteiger partial charge is 0.244 e. The lowest BCUT2D eigenvalue weighted by atomic mass is 10.0. The van der Waals surface area contributed by atoms with Crippen LogP contribution in [0.2, 0.25) is 0 Å². The van der Waals surface area contributed by atoms with E-state index in [1.165, 1.54) is 60.8 Å². The second-order valence-corrected chi connectivity index (χ2v) is 32.5. The Balaban J connectivity index is -0.000000916. The van der Waals surface area contributed by atoms with Crippen LogP contribution in [-0.4, -0.2) is 340 Å². The molecule has 0 bridgehead atoms. The highest BCUT2D eigenvalue weighted by Crippen LogP contribution is 2.18. The molecule has 0 heterocycles. The number of unbranched alkanes of at least 4 members (excludes halogenated alkanes) is 3. The standard InChI is InChI=1S/C29H47N3O7.C26H42N4O7.C26H41N3O7.C22H34N4O7/c1-8-25(33)13-12-22(5)16-37-19-29(32-28(36)11-4,20-38-17-23(6)14-30-26(34)9-2)21-39-18-24(7)15-31-27(35)10-3;1-5-22(31)27-13-9-11-16-35-19-26(30-25(34)8-4,21-37-18-15-29-24(33)7-3)20-36-17-12-10-14-28-23(32)6-2;1-5-22(30)13-9-10-16-34-19-26(29-25(33)8-4,20-35-17-11-14-27-23(31)6-2)21-36-18-12-15-28-24(32)7-3;1-5-18(27)23-9-12-31-15-22(26-21(30)8-4,16-32-13-10-24-19(28)6-2)17-33-14-11-25-20(29)7-3/h8-11,22-24H,1-4,12-21H2,5-7H3,(H,30,34)(H,31,35)(H,32,36);5-8H,1-4,9-21H2,(H,27,31)(H,28,32)(H,29,33)(H,30,34);5-8H,1-4,9-21H2,(H,27,31)(H,28,32)(H,29,33);5-8H,1-4,9-17H2,(H,23,27)(H,24,28)(H,25,29)(H,26,30). The second-order valence-electron chi connectivity index (χ2n) is 32.5. The lowest BCUT2D eigenvalue weighted by molar-refractivity contribution is -0.124. The highest BCUT2D eigenvalue weighted by Gasteiger charge is 2.38. The Kier molecular flexibility index (Phi) is 88.3. The number of carbonyl (C=O) groups is 16. The van der Waals surface area contributed by atoms with Gasteiger partial charge in [-0.3, -0.25) is 76.7 Å². The zero-order valence-electron chi connectivity index (χ0n) is 85.5. The van der Waals surface area contributed by atoms with Gasteiger partial charge < -0.3 is 131 Å². The zero-order chi connectivity index (χ0) is 109. The molecule has 0 aliphatic carbocycles. The number of rotatable bonds is 92. The second kappa shape index (κ2) is 92.4. The first kappa shape index (κ1) is 139. The van der Waals surface area contributed by atoms with E-state index < -0.39 is 45.8 Å². The van der Waals surface area contributed by atoms with Gasteiger partial charge in [-0.05, 0) is 173 Å². The van der Waals surface area contributed by atoms with E-state index in [1.54, 1.807) is 0 Å². The van der Waals surface area contributed by atoms with Crippen LogP contribution in [0.25, 0.3) is 0 Å². The molecule has 0 saturated carbocycles. The fourth-order valence-electron chi connectivity index (χ4n) is 11.4. The van der Waals surface area contributed by atoms with Crippen molar-refractivity contribution in [3.8, 4) is 0 Å². The minimum absolute atomic E-state index is 0.000504. The fourth-order valence-corrected chi connectivity index (χ4v) is 11.4. The summed E-state index contributed by atoms with van der Waals surface area (Å²) in [5.74, 6) is -4.44. The summed E-state index contributed by atoms with van der Waals surface area (Å²) in [7, 11) is 0. The van der Waals surface area contributed by atoms with Gasteiger partial charge in [0.05, 0.1) is 119 Å². The maximum absolute atomic E-state index is 12.4. The third-order valence-corrected chi connectivity index (χ3v) is 19.2. The van der Waals surface area contributed by atoms with Crippen molar-refractivity contribution in [2.45, 2.75) is 114 Å². The van der Waals surface area contributed by atoms with E-state index >= 15 is 0 Å². The lowest BCUT2D eigenvalue weighted by Gasteiger charge is -2.35. The first-order valence-corrected chi connectivity index (χ1v) is 47.5. The maximum atomic E-state index is 12.4. The SMILES string of the molecule is C=CC(=O)CCC(C)COCC(COCC(C)CNC(=O)C=C)(COCC(C)CNC(=O)C=C)NC(=O)C=C.C=CC(=O)CCCCOCC(COCCCNC(=O)C=C)(COCCCNC(=O)C=C)NC(=O)C=C.C=CC(=O)NCCCCOCC(COCCCCNC(=O)C=C)(COCCNC(=O)C=C)NC(=O)C=C.C=CC(=O)NCCOCC(COCCNC(=O)C=C)(COCCNC(=O)C=C)NC(=O)C=C. The monoisotopic (exact) mass is 2050 g/mol. The Morgan fingerprint density at radius 3 is 0.621 bits per heavy atom. The third kappa shape index (κ3) is 82.3. The Morgan fingerprint density at radius 2 is 0.386 bits per heavy atom. The van der Waals surface area contributed by atoms with Crippen LogP contribution >= 0.6 is 0 Å². The van der Waals surface area contributed by atoms with Crippen molar-refractivity contribution >= 4 is 94.3 Å². The Bertz CT molecular complexity index is 3730. The van der Waals surface area contributed by atoms with Gasteiger partial charge in [-0.25, -0.2) is 0 Å². The molecule has 14 N–H and O–H groups in total. The van der Waals surface area contributed by atoms with Crippen molar-refractivity contribution in [2.24, 2.45) is 17.8 Å². The molecule has 3 unspecified atom stereocenters. The molecule has 3 atom stereocenters. The molecule has 0 aromatic heterocycles. The number of ether oxygens (including phenoxy) is 12. The number of allylic oxidation sites excluding steroid dienone is 2. The third-order valence-electron chi connectivity index (χ3n) is 19.2. The van der Waals surface area contributed by atoms with Crippen molar-refractivity contribution in [3.05, 3.63) is 202 Å². The van der Waals surface area contributed by atoms with Gasteiger partial charge in [-0.15, -0.1) is 0 Å². The van der Waals surface area contributed by atoms with Crippen LogP contribution in [0, 0.1) is 17.8 Å². The van der Waals surface area contributed by atoms with E-state index in [9.17, 15) is 76.7 Å². The lowest BCUT2D eigenvalue weighted by Crippen LogP contribution is -2.58. The number of hydrogen-bond donors (Lipinski definition) is 14. The van der Waals surface area contributed by atoms with Gasteiger partial charge in [0, 0.05) is 118 Å². The van der Waals surface area contributed by atoms with Crippen LogP contribution in [0.5, 0.6) is 0 Å². The summed E-state index contributed by atoms with van der Waals surface area (Å²) >= 11 is 0. The van der Waals surface area contributed by atoms with Crippen molar-refractivity contribution < 1.29 is 134 Å². The van der Waals surface area contributed by atoms with Crippen molar-refractivity contribution in [1.82, 2.24) is 74.4 Å². The van der Waals surface area contributed by atoms with E-state index in [0.717, 1.165) is 36.5 Å². The predicted molar refractivity (Wildman–Crippen MR) is 555 cm³/mol. The molecule has 0 aromatic carbocycles. The van der Waals surface area contributed by atoms with Gasteiger partial charge in [0.2, 0.25) is 82.7 Å². The van der Waals surface area contributed by atoms with Crippen LogP contribution < -0.4 is 74.4 Å². The summed E-state index contributed by atoms with van der Waals surface area (Å²) in [5.41, 5.74) is -4.12. The van der Waals surface area contributed by atoms with Crippen molar-refractivity contribution in [1.29, 1.82) is 0 Å². The van der Waals surface area contributed by atoms with E-state index in [4.69, 9.17) is 56.8 Å². The van der Waals surface area contributed by atoms with Gasteiger partial charge >= 0.3 is 0 Å². The molecular formula is C103H164N14O28. The molecule has 0 spiro atoms. The highest BCUT2D eigenvalue weighted by molar-refractivity contribution is 5.93. The maximum Gasteiger partial charge on any atom is 0.244 e. The highest BCUT2D eigenvalue weighted by atomic mass is 16.5. The number of amides is 14. The van der Waals surface area contributed by atoms with E-state index in [1.807, 2.05) is 20.8 Å². The van der Waals surface area contributed by atoms with Crippen LogP contribution in [0.4, 0.5) is 0 Å². The van der Waals surface area contributed by atoms with Gasteiger partial charge in [0.1, 0.15) is 22.2 Å². The number of nitrogens with one attached hydrogen (secondary N) is 14. The molecule has 0 rings (SSSR count). The molecule has 0 aliphatic heterocycles. The largest absolute Gasteiger partial charge is 0.379 e. The fraction of sp³-hybridized carbons (Fsp3) is 0.534. The van der Waals surface area contributed by atoms with Crippen LogP contribution in [0.1, 0.15) is 91.4 Å². The minimum atomic E-state index is -1.10.